The number of carbonyl (C=O) groups excluding carboxylic acids is 1. The minimum atomic E-state index is -0.00631. The van der Waals surface area contributed by atoms with Crippen LogP contribution in [0.2, 0.25) is 0 Å². The Balaban J connectivity index is 2.16. The van der Waals surface area contributed by atoms with E-state index in [9.17, 15) is 4.79 Å². The summed E-state index contributed by atoms with van der Waals surface area (Å²) in [4.78, 5) is 13.8. The third-order valence-electron chi connectivity index (χ3n) is 2.53. The topological polar surface area (TPSA) is 41.6 Å². The summed E-state index contributed by atoms with van der Waals surface area (Å²) in [5.74, 6) is -0.00631. The lowest BCUT2D eigenvalue weighted by Gasteiger charge is -2.25. The summed E-state index contributed by atoms with van der Waals surface area (Å²) >= 11 is 0. The summed E-state index contributed by atoms with van der Waals surface area (Å²) in [6.45, 7) is 11.3. The zero-order valence-corrected chi connectivity index (χ0v) is 11.2. The fourth-order valence-corrected chi connectivity index (χ4v) is 1.50. The van der Waals surface area contributed by atoms with Gasteiger partial charge in [0.25, 0.3) is 0 Å². The van der Waals surface area contributed by atoms with Crippen molar-refractivity contribution in [1.29, 1.82) is 0 Å². The molecule has 1 amide bonds. The Morgan fingerprint density at radius 1 is 1.35 bits per heavy atom. The second-order valence-electron chi connectivity index (χ2n) is 5.59. The molecule has 1 rings (SSSR count). The molecule has 98 valence electrons. The van der Waals surface area contributed by atoms with Gasteiger partial charge in [-0.15, -0.1) is 0 Å². The molecule has 0 aromatic heterocycles. The molecule has 1 heterocycles. The van der Waals surface area contributed by atoms with Gasteiger partial charge in [-0.1, -0.05) is 26.8 Å². The van der Waals surface area contributed by atoms with Crippen LogP contribution in [0.1, 0.15) is 20.8 Å². The molecule has 4 heteroatoms. The molecule has 17 heavy (non-hydrogen) atoms. The number of carbonyl (C=O) groups is 1. The summed E-state index contributed by atoms with van der Waals surface area (Å²) in [5.41, 5.74) is 0.133. The molecule has 1 saturated heterocycles. The molecular formula is C13H24N2O2. The van der Waals surface area contributed by atoms with E-state index in [1.165, 1.54) is 0 Å². The van der Waals surface area contributed by atoms with Crippen molar-refractivity contribution in [3.63, 3.8) is 0 Å². The maximum absolute atomic E-state index is 11.5. The normalized spacial score (nSPS) is 18.5. The summed E-state index contributed by atoms with van der Waals surface area (Å²) in [7, 11) is 0. The third-order valence-corrected chi connectivity index (χ3v) is 2.53. The molecule has 0 bridgehead atoms. The summed E-state index contributed by atoms with van der Waals surface area (Å²) in [5, 5.41) is 2.89. The van der Waals surface area contributed by atoms with Gasteiger partial charge in [-0.05, 0) is 5.41 Å². The molecule has 0 aliphatic carbocycles. The summed E-state index contributed by atoms with van der Waals surface area (Å²) < 4.78 is 5.26. The van der Waals surface area contributed by atoms with Gasteiger partial charge in [0, 0.05) is 32.3 Å². The number of hydrogen-bond donors (Lipinski definition) is 1. The van der Waals surface area contributed by atoms with E-state index < -0.39 is 0 Å². The molecule has 0 aromatic carbocycles. The Morgan fingerprint density at radius 2 is 2.00 bits per heavy atom. The molecule has 0 radical (unpaired) electrons. The van der Waals surface area contributed by atoms with E-state index in [1.54, 1.807) is 6.08 Å². The Morgan fingerprint density at radius 3 is 2.59 bits per heavy atom. The van der Waals surface area contributed by atoms with Crippen LogP contribution in [-0.4, -0.2) is 50.2 Å². The molecule has 1 fully saturated rings. The van der Waals surface area contributed by atoms with E-state index in [1.807, 2.05) is 6.08 Å². The van der Waals surface area contributed by atoms with Gasteiger partial charge < -0.3 is 10.1 Å². The van der Waals surface area contributed by atoms with Crippen LogP contribution < -0.4 is 5.32 Å². The van der Waals surface area contributed by atoms with Crippen molar-refractivity contribution in [3.8, 4) is 0 Å². The predicted octanol–water partition coefficient (Wildman–Crippen LogP) is 1.04. The van der Waals surface area contributed by atoms with Crippen molar-refractivity contribution in [2.45, 2.75) is 20.8 Å². The average molecular weight is 240 g/mol. The van der Waals surface area contributed by atoms with Crippen LogP contribution in [0.3, 0.4) is 0 Å². The van der Waals surface area contributed by atoms with E-state index in [-0.39, 0.29) is 11.3 Å². The number of amides is 1. The van der Waals surface area contributed by atoms with Gasteiger partial charge in [0.1, 0.15) is 0 Å². The van der Waals surface area contributed by atoms with Gasteiger partial charge in [-0.2, -0.15) is 0 Å². The monoisotopic (exact) mass is 240 g/mol. The van der Waals surface area contributed by atoms with E-state index in [4.69, 9.17) is 4.74 Å². The average Bonchev–Trinajstić information content (AvgIpc) is 2.27. The summed E-state index contributed by atoms with van der Waals surface area (Å²) in [6, 6.07) is 0. The SMILES string of the molecule is CC(C)(C)CNC(=O)C=CCN1CCOCC1. The van der Waals surface area contributed by atoms with Crippen LogP contribution in [0, 0.1) is 5.41 Å². The molecule has 4 nitrogen and oxygen atoms in total. The van der Waals surface area contributed by atoms with Crippen LogP contribution >= 0.6 is 0 Å². The minimum Gasteiger partial charge on any atom is -0.379 e. The van der Waals surface area contributed by atoms with Gasteiger partial charge in [-0.3, -0.25) is 9.69 Å². The van der Waals surface area contributed by atoms with Gasteiger partial charge in [0.2, 0.25) is 5.91 Å². The van der Waals surface area contributed by atoms with Crippen molar-refractivity contribution in [2.24, 2.45) is 5.41 Å². The quantitative estimate of drug-likeness (QED) is 0.746. The predicted molar refractivity (Wildman–Crippen MR) is 68.9 cm³/mol. The molecule has 1 aliphatic rings. The second kappa shape index (κ2) is 6.77. The molecule has 1 aliphatic heterocycles. The van der Waals surface area contributed by atoms with E-state index in [0.29, 0.717) is 6.54 Å². The number of morpholine rings is 1. The fourth-order valence-electron chi connectivity index (χ4n) is 1.50. The van der Waals surface area contributed by atoms with Crippen LogP contribution in [0.5, 0.6) is 0 Å². The maximum Gasteiger partial charge on any atom is 0.243 e. The molecular weight excluding hydrogens is 216 g/mol. The lowest BCUT2D eigenvalue weighted by Crippen LogP contribution is -2.36. The highest BCUT2D eigenvalue weighted by Crippen LogP contribution is 2.09. The Bertz CT molecular complexity index is 263. The molecule has 0 spiro atoms. The highest BCUT2D eigenvalue weighted by Gasteiger charge is 2.11. The molecule has 0 aromatic rings. The van der Waals surface area contributed by atoms with E-state index >= 15 is 0 Å². The number of nitrogens with zero attached hydrogens (tertiary/aromatic N) is 1. The van der Waals surface area contributed by atoms with Crippen molar-refractivity contribution in [2.75, 3.05) is 39.4 Å². The second-order valence-corrected chi connectivity index (χ2v) is 5.59. The molecule has 0 saturated carbocycles. The highest BCUT2D eigenvalue weighted by atomic mass is 16.5. The van der Waals surface area contributed by atoms with E-state index in [0.717, 1.165) is 32.8 Å². The lowest BCUT2D eigenvalue weighted by molar-refractivity contribution is -0.116. The maximum atomic E-state index is 11.5. The van der Waals surface area contributed by atoms with Gasteiger partial charge in [0.05, 0.1) is 13.2 Å². The Hall–Kier alpha value is -0.870. The lowest BCUT2D eigenvalue weighted by atomic mass is 9.97. The largest absolute Gasteiger partial charge is 0.379 e. The number of ether oxygens (including phenoxy) is 1. The first kappa shape index (κ1) is 14.2. The van der Waals surface area contributed by atoms with Gasteiger partial charge >= 0.3 is 0 Å². The smallest absolute Gasteiger partial charge is 0.243 e. The first-order valence-electron chi connectivity index (χ1n) is 6.22. The number of rotatable bonds is 4. The van der Waals surface area contributed by atoms with Crippen LogP contribution in [0.25, 0.3) is 0 Å². The molecule has 0 unspecified atom stereocenters. The Labute approximate surface area is 104 Å². The Kier molecular flexibility index (Phi) is 5.65. The van der Waals surface area contributed by atoms with Crippen molar-refractivity contribution in [3.05, 3.63) is 12.2 Å². The molecule has 0 atom stereocenters. The van der Waals surface area contributed by atoms with Crippen LogP contribution in [0.4, 0.5) is 0 Å². The van der Waals surface area contributed by atoms with E-state index in [2.05, 4.69) is 31.0 Å². The van der Waals surface area contributed by atoms with Crippen LogP contribution in [-0.2, 0) is 9.53 Å². The zero-order valence-electron chi connectivity index (χ0n) is 11.2. The van der Waals surface area contributed by atoms with Crippen molar-refractivity contribution >= 4 is 5.91 Å². The highest BCUT2D eigenvalue weighted by molar-refractivity contribution is 5.87. The van der Waals surface area contributed by atoms with Crippen molar-refractivity contribution < 1.29 is 9.53 Å². The van der Waals surface area contributed by atoms with Gasteiger partial charge in [-0.25, -0.2) is 0 Å². The van der Waals surface area contributed by atoms with Crippen LogP contribution in [0.15, 0.2) is 12.2 Å². The number of nitrogens with one attached hydrogen (secondary N) is 1. The van der Waals surface area contributed by atoms with Crippen molar-refractivity contribution in [1.82, 2.24) is 10.2 Å². The minimum absolute atomic E-state index is 0.00631. The zero-order chi connectivity index (χ0) is 12.7. The third kappa shape index (κ3) is 7.13. The fraction of sp³-hybridized carbons (Fsp3) is 0.769. The first-order valence-corrected chi connectivity index (χ1v) is 6.22. The summed E-state index contributed by atoms with van der Waals surface area (Å²) in [6.07, 6.45) is 3.55. The number of hydrogen-bond acceptors (Lipinski definition) is 3. The van der Waals surface area contributed by atoms with Gasteiger partial charge in [0.15, 0.2) is 0 Å². The standard InChI is InChI=1S/C13H24N2O2/c1-13(2,3)11-14-12(16)5-4-6-15-7-9-17-10-8-15/h4-5H,6-11H2,1-3H3,(H,14,16). The first-order chi connectivity index (χ1) is 7.97. The molecule has 1 N–H and O–H groups in total.